The van der Waals surface area contributed by atoms with Gasteiger partial charge in [-0.1, -0.05) is 19.9 Å². The largest absolute Gasteiger partial charge is 0.317 e. The average Bonchev–Trinajstić information content (AvgIpc) is 3.04. The van der Waals surface area contributed by atoms with Crippen LogP contribution in [0.25, 0.3) is 0 Å². The molecule has 1 amide bonds. The lowest BCUT2D eigenvalue weighted by molar-refractivity contribution is -0.132. The third-order valence-corrected chi connectivity index (χ3v) is 5.28. The maximum atomic E-state index is 12.6. The van der Waals surface area contributed by atoms with Crippen LogP contribution in [0.2, 0.25) is 0 Å². The van der Waals surface area contributed by atoms with Crippen molar-refractivity contribution in [3.05, 3.63) is 22.4 Å². The molecular formula is C14H22N2OS2. The second-order valence-electron chi connectivity index (χ2n) is 4.81. The summed E-state index contributed by atoms with van der Waals surface area (Å²) < 4.78 is 0. The fourth-order valence-corrected chi connectivity index (χ4v) is 4.15. The summed E-state index contributed by atoms with van der Waals surface area (Å²) in [5.41, 5.74) is 0. The van der Waals surface area contributed by atoms with Gasteiger partial charge in [0.2, 0.25) is 5.91 Å². The van der Waals surface area contributed by atoms with Crippen LogP contribution in [0.3, 0.4) is 0 Å². The van der Waals surface area contributed by atoms with E-state index in [1.54, 1.807) is 11.3 Å². The van der Waals surface area contributed by atoms with Crippen molar-refractivity contribution in [2.45, 2.75) is 44.9 Å². The maximum absolute atomic E-state index is 12.6. The molecule has 1 aliphatic heterocycles. The molecule has 1 aromatic heterocycles. The molecule has 0 radical (unpaired) electrons. The normalized spacial score (nSPS) is 25.0. The Bertz CT molecular complexity index is 408. The highest BCUT2D eigenvalue weighted by atomic mass is 32.2. The number of carbonyl (C=O) groups is 1. The molecule has 0 bridgehead atoms. The van der Waals surface area contributed by atoms with Crippen LogP contribution in [-0.4, -0.2) is 34.9 Å². The van der Waals surface area contributed by atoms with E-state index in [4.69, 9.17) is 0 Å². The molecule has 2 heterocycles. The van der Waals surface area contributed by atoms with Crippen molar-refractivity contribution in [3.8, 4) is 0 Å². The summed E-state index contributed by atoms with van der Waals surface area (Å²) in [5.74, 6) is 1.27. The van der Waals surface area contributed by atoms with E-state index >= 15 is 0 Å². The molecular weight excluding hydrogens is 276 g/mol. The van der Waals surface area contributed by atoms with E-state index in [0.29, 0.717) is 6.04 Å². The number of hydrogen-bond acceptors (Lipinski definition) is 4. The molecule has 1 fully saturated rings. The summed E-state index contributed by atoms with van der Waals surface area (Å²) >= 11 is 3.53. The van der Waals surface area contributed by atoms with Gasteiger partial charge in [0.15, 0.2) is 0 Å². The fraction of sp³-hybridized carbons (Fsp3) is 0.643. The Morgan fingerprint density at radius 1 is 1.53 bits per heavy atom. The summed E-state index contributed by atoms with van der Waals surface area (Å²) in [4.78, 5) is 15.9. The van der Waals surface area contributed by atoms with Crippen molar-refractivity contribution in [2.24, 2.45) is 0 Å². The molecule has 2 rings (SSSR count). The van der Waals surface area contributed by atoms with Gasteiger partial charge in [-0.2, -0.15) is 11.8 Å². The molecule has 1 aliphatic rings. The minimum absolute atomic E-state index is 0.0250. The third kappa shape index (κ3) is 2.98. The monoisotopic (exact) mass is 298 g/mol. The quantitative estimate of drug-likeness (QED) is 0.876. The first-order valence-corrected chi connectivity index (χ1v) is 9.10. The van der Waals surface area contributed by atoms with Crippen LogP contribution in [0.4, 0.5) is 0 Å². The molecule has 0 aromatic carbocycles. The molecule has 3 unspecified atom stereocenters. The third-order valence-electron chi connectivity index (χ3n) is 3.63. The Hall–Kier alpha value is -0.520. The van der Waals surface area contributed by atoms with Crippen LogP contribution in [0, 0.1) is 0 Å². The van der Waals surface area contributed by atoms with E-state index in [9.17, 15) is 4.79 Å². The Balaban J connectivity index is 2.26. The second kappa shape index (κ2) is 6.77. The Kier molecular flexibility index (Phi) is 5.30. The highest BCUT2D eigenvalue weighted by Gasteiger charge is 2.41. The predicted molar refractivity (Wildman–Crippen MR) is 83.6 cm³/mol. The standard InChI is InChI=1S/C14H22N2OS2/c1-4-10(9-18-3)16-13(12-7-6-8-19-12)15-11(5-2)14(16)17/h6-8,10-11,13,15H,4-5,9H2,1-3H3. The Morgan fingerprint density at radius 2 is 2.32 bits per heavy atom. The van der Waals surface area contributed by atoms with Crippen LogP contribution < -0.4 is 5.32 Å². The van der Waals surface area contributed by atoms with Gasteiger partial charge in [0, 0.05) is 16.7 Å². The van der Waals surface area contributed by atoms with Crippen LogP contribution >= 0.6 is 23.1 Å². The van der Waals surface area contributed by atoms with Crippen LogP contribution in [0.1, 0.15) is 37.7 Å². The molecule has 3 nitrogen and oxygen atoms in total. The Labute approximate surface area is 123 Å². The minimum Gasteiger partial charge on any atom is -0.317 e. The van der Waals surface area contributed by atoms with E-state index in [1.807, 2.05) is 11.8 Å². The number of amides is 1. The minimum atomic E-state index is -0.0250. The van der Waals surface area contributed by atoms with Crippen LogP contribution in [-0.2, 0) is 4.79 Å². The first kappa shape index (κ1) is 14.9. The fourth-order valence-electron chi connectivity index (χ4n) is 2.59. The van der Waals surface area contributed by atoms with Crippen molar-refractivity contribution in [2.75, 3.05) is 12.0 Å². The van der Waals surface area contributed by atoms with Crippen LogP contribution in [0.15, 0.2) is 17.5 Å². The van der Waals surface area contributed by atoms with Gasteiger partial charge in [-0.3, -0.25) is 10.1 Å². The van der Waals surface area contributed by atoms with E-state index in [2.05, 4.69) is 47.8 Å². The molecule has 5 heteroatoms. The maximum Gasteiger partial charge on any atom is 0.241 e. The first-order valence-electron chi connectivity index (χ1n) is 6.83. The molecule has 0 spiro atoms. The molecule has 0 saturated carbocycles. The van der Waals surface area contributed by atoms with E-state index in [-0.39, 0.29) is 18.1 Å². The summed E-state index contributed by atoms with van der Waals surface area (Å²) in [6.07, 6.45) is 4.03. The molecule has 1 saturated heterocycles. The van der Waals surface area contributed by atoms with Gasteiger partial charge in [0.1, 0.15) is 6.17 Å². The van der Waals surface area contributed by atoms with Crippen molar-refractivity contribution in [3.63, 3.8) is 0 Å². The molecule has 106 valence electrons. The van der Waals surface area contributed by atoms with Gasteiger partial charge in [-0.25, -0.2) is 0 Å². The summed E-state index contributed by atoms with van der Waals surface area (Å²) in [6.45, 7) is 4.24. The van der Waals surface area contributed by atoms with E-state index in [0.717, 1.165) is 18.6 Å². The first-order chi connectivity index (χ1) is 9.22. The van der Waals surface area contributed by atoms with Gasteiger partial charge in [0.25, 0.3) is 0 Å². The summed E-state index contributed by atoms with van der Waals surface area (Å²) in [6, 6.07) is 4.47. The van der Waals surface area contributed by atoms with E-state index < -0.39 is 0 Å². The molecule has 1 N–H and O–H groups in total. The van der Waals surface area contributed by atoms with Gasteiger partial charge < -0.3 is 4.90 Å². The zero-order valence-corrected chi connectivity index (χ0v) is 13.4. The smallest absolute Gasteiger partial charge is 0.241 e. The molecule has 3 atom stereocenters. The zero-order chi connectivity index (χ0) is 13.8. The lowest BCUT2D eigenvalue weighted by Crippen LogP contribution is -2.41. The number of carbonyl (C=O) groups excluding carboxylic acids is 1. The second-order valence-corrected chi connectivity index (χ2v) is 6.70. The molecule has 1 aromatic rings. The SMILES string of the molecule is CCC1NC(c2cccs2)N(C(CC)CSC)C1=O. The topological polar surface area (TPSA) is 32.3 Å². The molecule has 19 heavy (non-hydrogen) atoms. The highest BCUT2D eigenvalue weighted by Crippen LogP contribution is 2.32. The summed E-state index contributed by atoms with van der Waals surface area (Å²) in [7, 11) is 0. The van der Waals surface area contributed by atoms with Crippen molar-refractivity contribution < 1.29 is 4.79 Å². The van der Waals surface area contributed by atoms with Gasteiger partial charge in [-0.05, 0) is 30.5 Å². The lowest BCUT2D eigenvalue weighted by Gasteiger charge is -2.31. The average molecular weight is 298 g/mol. The summed E-state index contributed by atoms with van der Waals surface area (Å²) in [5, 5.41) is 5.57. The Morgan fingerprint density at radius 3 is 2.84 bits per heavy atom. The number of nitrogens with zero attached hydrogens (tertiary/aromatic N) is 1. The number of hydrogen-bond donors (Lipinski definition) is 1. The zero-order valence-electron chi connectivity index (χ0n) is 11.8. The van der Waals surface area contributed by atoms with Crippen molar-refractivity contribution in [1.82, 2.24) is 10.2 Å². The van der Waals surface area contributed by atoms with Crippen molar-refractivity contribution >= 4 is 29.0 Å². The van der Waals surface area contributed by atoms with Gasteiger partial charge in [0.05, 0.1) is 6.04 Å². The highest BCUT2D eigenvalue weighted by molar-refractivity contribution is 7.98. The van der Waals surface area contributed by atoms with Gasteiger partial charge >= 0.3 is 0 Å². The number of thioether (sulfide) groups is 1. The van der Waals surface area contributed by atoms with Crippen molar-refractivity contribution in [1.29, 1.82) is 0 Å². The van der Waals surface area contributed by atoms with Gasteiger partial charge in [-0.15, -0.1) is 11.3 Å². The van der Waals surface area contributed by atoms with E-state index in [1.165, 1.54) is 4.88 Å². The molecule has 0 aliphatic carbocycles. The lowest BCUT2D eigenvalue weighted by atomic mass is 10.2. The number of nitrogens with one attached hydrogen (secondary N) is 1. The number of thiophene rings is 1. The van der Waals surface area contributed by atoms with Crippen LogP contribution in [0.5, 0.6) is 0 Å². The predicted octanol–water partition coefficient (Wildman–Crippen LogP) is 3.10. The number of rotatable bonds is 6.